The van der Waals surface area contributed by atoms with E-state index in [1.54, 1.807) is 4.90 Å². The van der Waals surface area contributed by atoms with Crippen LogP contribution in [0, 0.1) is 11.8 Å². The molecule has 1 N–H and O–H groups in total. The minimum atomic E-state index is -0.111. The van der Waals surface area contributed by atoms with Crippen LogP contribution in [0.2, 0.25) is 0 Å². The predicted molar refractivity (Wildman–Crippen MR) is 119 cm³/mol. The summed E-state index contributed by atoms with van der Waals surface area (Å²) in [6, 6.07) is 7.60. The lowest BCUT2D eigenvalue weighted by Crippen LogP contribution is -2.47. The fourth-order valence-electron chi connectivity index (χ4n) is 4.96. The van der Waals surface area contributed by atoms with Crippen molar-refractivity contribution >= 4 is 23.5 Å². The van der Waals surface area contributed by atoms with Gasteiger partial charge in [-0.15, -0.1) is 0 Å². The summed E-state index contributed by atoms with van der Waals surface area (Å²) in [4.78, 5) is 43.0. The molecule has 0 spiro atoms. The van der Waals surface area contributed by atoms with E-state index in [4.69, 9.17) is 0 Å². The van der Waals surface area contributed by atoms with E-state index < -0.39 is 0 Å². The van der Waals surface area contributed by atoms with Crippen LogP contribution in [0.4, 0.5) is 10.5 Å². The van der Waals surface area contributed by atoms with Gasteiger partial charge in [-0.2, -0.15) is 0 Å². The van der Waals surface area contributed by atoms with Crippen molar-refractivity contribution in [2.75, 3.05) is 38.0 Å². The summed E-state index contributed by atoms with van der Waals surface area (Å²) in [5.74, 6) is 1.13. The fourth-order valence-corrected chi connectivity index (χ4v) is 4.96. The Morgan fingerprint density at radius 2 is 1.71 bits per heavy atom. The molecule has 1 atom stereocenters. The molecule has 168 valence electrons. The van der Waals surface area contributed by atoms with Gasteiger partial charge in [0.15, 0.2) is 0 Å². The van der Waals surface area contributed by atoms with E-state index in [1.807, 2.05) is 34.1 Å². The predicted octanol–water partition coefficient (Wildman–Crippen LogP) is 3.31. The molecule has 1 unspecified atom stereocenters. The first-order valence-corrected chi connectivity index (χ1v) is 11.7. The van der Waals surface area contributed by atoms with Crippen LogP contribution in [0.1, 0.15) is 51.0 Å². The van der Waals surface area contributed by atoms with Crippen molar-refractivity contribution in [1.29, 1.82) is 0 Å². The number of piperidine rings is 2. The molecule has 1 aromatic rings. The lowest BCUT2D eigenvalue weighted by molar-refractivity contribution is -0.138. The molecule has 3 aliphatic rings. The Bertz CT molecular complexity index is 802. The zero-order chi connectivity index (χ0) is 21.8. The number of hydrogen-bond donors (Lipinski definition) is 1. The molecule has 4 amide bonds. The lowest BCUT2D eigenvalue weighted by atomic mass is 9.93. The van der Waals surface area contributed by atoms with Gasteiger partial charge in [0.1, 0.15) is 0 Å². The van der Waals surface area contributed by atoms with Crippen LogP contribution in [0.5, 0.6) is 0 Å². The van der Waals surface area contributed by atoms with E-state index in [9.17, 15) is 14.4 Å². The molecule has 3 saturated heterocycles. The molecule has 7 nitrogen and oxygen atoms in total. The number of carbonyl (C=O) groups is 3. The van der Waals surface area contributed by atoms with E-state index in [1.165, 1.54) is 6.42 Å². The molecule has 0 saturated carbocycles. The quantitative estimate of drug-likeness (QED) is 0.803. The largest absolute Gasteiger partial charge is 0.342 e. The van der Waals surface area contributed by atoms with Gasteiger partial charge in [-0.1, -0.05) is 19.1 Å². The number of likely N-dealkylation sites (tertiary alicyclic amines) is 3. The number of urea groups is 1. The summed E-state index contributed by atoms with van der Waals surface area (Å²) >= 11 is 0. The van der Waals surface area contributed by atoms with Crippen molar-refractivity contribution in [1.82, 2.24) is 14.7 Å². The van der Waals surface area contributed by atoms with Crippen LogP contribution < -0.4 is 5.32 Å². The molecule has 7 heteroatoms. The lowest BCUT2D eigenvalue weighted by Gasteiger charge is -2.37. The first-order valence-electron chi connectivity index (χ1n) is 11.7. The Balaban J connectivity index is 1.23. The van der Waals surface area contributed by atoms with Crippen molar-refractivity contribution in [2.45, 2.75) is 52.0 Å². The summed E-state index contributed by atoms with van der Waals surface area (Å²) in [5, 5.41) is 2.97. The molecule has 0 bridgehead atoms. The maximum absolute atomic E-state index is 12.8. The monoisotopic (exact) mass is 426 g/mol. The Morgan fingerprint density at radius 1 is 0.968 bits per heavy atom. The second kappa shape index (κ2) is 9.71. The normalized spacial score (nSPS) is 22.7. The Kier molecular flexibility index (Phi) is 6.78. The van der Waals surface area contributed by atoms with Crippen molar-refractivity contribution in [3.63, 3.8) is 0 Å². The molecule has 0 aliphatic carbocycles. The molecular formula is C24H34N4O3. The summed E-state index contributed by atoms with van der Waals surface area (Å²) in [6.07, 6.45) is 5.36. The Labute approximate surface area is 184 Å². The summed E-state index contributed by atoms with van der Waals surface area (Å²) in [7, 11) is 0. The topological polar surface area (TPSA) is 73.0 Å². The van der Waals surface area contributed by atoms with Gasteiger partial charge in [-0.3, -0.25) is 9.59 Å². The van der Waals surface area contributed by atoms with Gasteiger partial charge in [0.2, 0.25) is 11.8 Å². The first kappa shape index (κ1) is 21.7. The van der Waals surface area contributed by atoms with Gasteiger partial charge < -0.3 is 20.0 Å². The Hall–Kier alpha value is -2.57. The van der Waals surface area contributed by atoms with Crippen molar-refractivity contribution in [2.24, 2.45) is 11.8 Å². The van der Waals surface area contributed by atoms with Gasteiger partial charge in [-0.05, 0) is 55.7 Å². The van der Waals surface area contributed by atoms with Crippen LogP contribution in [0.3, 0.4) is 0 Å². The number of benzene rings is 1. The number of hydrogen-bond acceptors (Lipinski definition) is 3. The fraction of sp³-hybridized carbons (Fsp3) is 0.625. The molecule has 3 heterocycles. The highest BCUT2D eigenvalue weighted by atomic mass is 16.2. The zero-order valence-electron chi connectivity index (χ0n) is 18.5. The highest BCUT2D eigenvalue weighted by Crippen LogP contribution is 2.24. The van der Waals surface area contributed by atoms with Crippen LogP contribution in [0.15, 0.2) is 24.3 Å². The van der Waals surface area contributed by atoms with Gasteiger partial charge in [0, 0.05) is 57.3 Å². The third-order valence-electron chi connectivity index (χ3n) is 6.85. The van der Waals surface area contributed by atoms with E-state index in [0.29, 0.717) is 32.0 Å². The van der Waals surface area contributed by atoms with E-state index >= 15 is 0 Å². The third kappa shape index (κ3) is 5.38. The van der Waals surface area contributed by atoms with Crippen molar-refractivity contribution in [3.05, 3.63) is 29.8 Å². The minimum absolute atomic E-state index is 0.0435. The number of carbonyl (C=O) groups excluding carboxylic acids is 3. The first-order chi connectivity index (χ1) is 15.0. The highest BCUT2D eigenvalue weighted by molar-refractivity contribution is 5.89. The number of amides is 4. The molecule has 3 fully saturated rings. The third-order valence-corrected chi connectivity index (χ3v) is 6.85. The van der Waals surface area contributed by atoms with Crippen molar-refractivity contribution in [3.8, 4) is 0 Å². The summed E-state index contributed by atoms with van der Waals surface area (Å²) in [6.45, 7) is 6.65. The standard InChI is InChI=1S/C24H34N4O3/c1-18-4-2-13-28(16-18)23(30)20-10-14-26(15-11-20)24(31)25-21-8-6-19(7-9-21)17-27-12-3-5-22(27)29/h6-9,18,20H,2-5,10-17H2,1H3,(H,25,31). The minimum Gasteiger partial charge on any atom is -0.342 e. The van der Waals surface area contributed by atoms with E-state index in [2.05, 4.69) is 12.2 Å². The van der Waals surface area contributed by atoms with Gasteiger partial charge in [-0.25, -0.2) is 4.79 Å². The molecule has 0 radical (unpaired) electrons. The molecule has 31 heavy (non-hydrogen) atoms. The molecular weight excluding hydrogens is 392 g/mol. The zero-order valence-corrected chi connectivity index (χ0v) is 18.5. The van der Waals surface area contributed by atoms with E-state index in [0.717, 1.165) is 56.6 Å². The number of nitrogens with zero attached hydrogens (tertiary/aromatic N) is 3. The Morgan fingerprint density at radius 3 is 2.35 bits per heavy atom. The van der Waals surface area contributed by atoms with Crippen molar-refractivity contribution < 1.29 is 14.4 Å². The number of nitrogens with one attached hydrogen (secondary N) is 1. The number of rotatable bonds is 4. The summed E-state index contributed by atoms with van der Waals surface area (Å²) in [5.41, 5.74) is 1.82. The summed E-state index contributed by atoms with van der Waals surface area (Å²) < 4.78 is 0. The van der Waals surface area contributed by atoms with Crippen LogP contribution in [-0.4, -0.2) is 65.3 Å². The van der Waals surface area contributed by atoms with Gasteiger partial charge in [0.25, 0.3) is 0 Å². The smallest absolute Gasteiger partial charge is 0.321 e. The number of anilines is 1. The van der Waals surface area contributed by atoms with Crippen LogP contribution >= 0.6 is 0 Å². The second-order valence-electron chi connectivity index (χ2n) is 9.34. The van der Waals surface area contributed by atoms with Crippen LogP contribution in [-0.2, 0) is 16.1 Å². The van der Waals surface area contributed by atoms with Crippen LogP contribution in [0.25, 0.3) is 0 Å². The average molecular weight is 427 g/mol. The second-order valence-corrected chi connectivity index (χ2v) is 9.34. The van der Waals surface area contributed by atoms with E-state index in [-0.39, 0.29) is 23.8 Å². The SMILES string of the molecule is CC1CCCN(C(=O)C2CCN(C(=O)Nc3ccc(CN4CCCC4=O)cc3)CC2)C1. The van der Waals surface area contributed by atoms with Gasteiger partial charge in [0.05, 0.1) is 0 Å². The van der Waals surface area contributed by atoms with Gasteiger partial charge >= 0.3 is 6.03 Å². The maximum atomic E-state index is 12.8. The molecule has 3 aliphatic heterocycles. The highest BCUT2D eigenvalue weighted by Gasteiger charge is 2.31. The maximum Gasteiger partial charge on any atom is 0.321 e. The molecule has 0 aromatic heterocycles. The average Bonchev–Trinajstić information content (AvgIpc) is 3.19. The molecule has 1 aromatic carbocycles. The molecule has 4 rings (SSSR count).